The third kappa shape index (κ3) is 3.80. The number of amides is 1. The van der Waals surface area contributed by atoms with E-state index in [-0.39, 0.29) is 11.7 Å². The number of carbonyl (C=O) groups excluding carboxylic acids is 2. The molecule has 1 aromatic carbocycles. The number of benzene rings is 1. The smallest absolute Gasteiger partial charge is 0.308 e. The molecule has 0 aliphatic carbocycles. The van der Waals surface area contributed by atoms with Crippen molar-refractivity contribution in [1.82, 2.24) is 19.9 Å². The van der Waals surface area contributed by atoms with Gasteiger partial charge in [-0.1, -0.05) is 18.2 Å². The standard InChI is InChI=1S/C19H16N4O3S2/c1-12(24)26-15-6-3-2-5-14(15)18(25)20-9-8-13-11-28-19-21-17(22-23(13)19)16-7-4-10-27-16/h2-7,10-11H,8-9H2,1H3,(H,20,25). The number of ether oxygens (including phenoxy) is 1. The summed E-state index contributed by atoms with van der Waals surface area (Å²) in [5, 5.41) is 11.4. The van der Waals surface area contributed by atoms with Crippen molar-refractivity contribution in [3.05, 3.63) is 58.4 Å². The molecule has 1 N–H and O–H groups in total. The zero-order valence-corrected chi connectivity index (χ0v) is 16.5. The molecule has 142 valence electrons. The van der Waals surface area contributed by atoms with E-state index in [1.54, 1.807) is 35.6 Å². The highest BCUT2D eigenvalue weighted by Crippen LogP contribution is 2.24. The fraction of sp³-hybridized carbons (Fsp3) is 0.158. The van der Waals surface area contributed by atoms with Crippen LogP contribution in [-0.4, -0.2) is 33.0 Å². The number of carbonyl (C=O) groups is 2. The Morgan fingerprint density at radius 1 is 1.18 bits per heavy atom. The van der Waals surface area contributed by atoms with Gasteiger partial charge in [0.25, 0.3) is 5.91 Å². The Hall–Kier alpha value is -3.04. The molecule has 3 heterocycles. The van der Waals surface area contributed by atoms with Crippen molar-refractivity contribution in [2.45, 2.75) is 13.3 Å². The summed E-state index contributed by atoms with van der Waals surface area (Å²) in [5.41, 5.74) is 1.30. The van der Waals surface area contributed by atoms with Crippen LogP contribution in [0.15, 0.2) is 47.2 Å². The fourth-order valence-corrected chi connectivity index (χ4v) is 4.21. The minimum absolute atomic E-state index is 0.252. The van der Waals surface area contributed by atoms with Gasteiger partial charge in [0.05, 0.1) is 16.1 Å². The first-order valence-corrected chi connectivity index (χ1v) is 10.3. The van der Waals surface area contributed by atoms with Crippen LogP contribution in [0.1, 0.15) is 23.0 Å². The van der Waals surface area contributed by atoms with Crippen LogP contribution in [0.25, 0.3) is 15.7 Å². The van der Waals surface area contributed by atoms with Gasteiger partial charge in [-0.15, -0.1) is 27.8 Å². The molecule has 0 atom stereocenters. The summed E-state index contributed by atoms with van der Waals surface area (Å²) in [6.07, 6.45) is 0.606. The number of fused-ring (bicyclic) bond motifs is 1. The second-order valence-electron chi connectivity index (χ2n) is 5.93. The Bertz CT molecular complexity index is 1130. The van der Waals surface area contributed by atoms with E-state index in [9.17, 15) is 9.59 Å². The summed E-state index contributed by atoms with van der Waals surface area (Å²) in [5.74, 6) is 0.208. The number of nitrogens with one attached hydrogen (secondary N) is 1. The van der Waals surface area contributed by atoms with E-state index in [0.29, 0.717) is 24.4 Å². The minimum atomic E-state index is -0.464. The quantitative estimate of drug-likeness (QED) is 0.387. The molecule has 0 radical (unpaired) electrons. The van der Waals surface area contributed by atoms with Crippen LogP contribution < -0.4 is 10.1 Å². The van der Waals surface area contributed by atoms with E-state index < -0.39 is 5.97 Å². The van der Waals surface area contributed by atoms with Gasteiger partial charge >= 0.3 is 5.97 Å². The first kappa shape index (κ1) is 18.3. The first-order valence-electron chi connectivity index (χ1n) is 8.54. The van der Waals surface area contributed by atoms with Crippen molar-refractivity contribution in [3.8, 4) is 16.5 Å². The van der Waals surface area contributed by atoms with Gasteiger partial charge in [0.2, 0.25) is 4.96 Å². The average molecular weight is 412 g/mol. The Morgan fingerprint density at radius 2 is 2.04 bits per heavy atom. The summed E-state index contributed by atoms with van der Waals surface area (Å²) in [7, 11) is 0. The lowest BCUT2D eigenvalue weighted by atomic mass is 10.2. The molecule has 0 aliphatic heterocycles. The van der Waals surface area contributed by atoms with E-state index in [0.717, 1.165) is 15.5 Å². The molecule has 28 heavy (non-hydrogen) atoms. The van der Waals surface area contributed by atoms with Crippen LogP contribution in [0.2, 0.25) is 0 Å². The van der Waals surface area contributed by atoms with Crippen LogP contribution in [0, 0.1) is 0 Å². The molecule has 7 nitrogen and oxygen atoms in total. The molecule has 1 amide bonds. The highest BCUT2D eigenvalue weighted by atomic mass is 32.1. The molecule has 0 spiro atoms. The van der Waals surface area contributed by atoms with Gasteiger partial charge in [-0.3, -0.25) is 9.59 Å². The molecular weight excluding hydrogens is 396 g/mol. The number of hydrogen-bond acceptors (Lipinski definition) is 7. The lowest BCUT2D eigenvalue weighted by molar-refractivity contribution is -0.131. The second kappa shape index (κ2) is 7.91. The lowest BCUT2D eigenvalue weighted by Gasteiger charge is -2.09. The van der Waals surface area contributed by atoms with E-state index >= 15 is 0 Å². The van der Waals surface area contributed by atoms with Gasteiger partial charge in [0.1, 0.15) is 5.75 Å². The van der Waals surface area contributed by atoms with E-state index in [4.69, 9.17) is 4.74 Å². The van der Waals surface area contributed by atoms with Gasteiger partial charge in [0.15, 0.2) is 5.82 Å². The maximum absolute atomic E-state index is 12.5. The van der Waals surface area contributed by atoms with Crippen LogP contribution >= 0.6 is 22.7 Å². The number of aromatic nitrogens is 3. The summed E-state index contributed by atoms with van der Waals surface area (Å²) < 4.78 is 6.91. The molecule has 0 saturated carbocycles. The number of thiazole rings is 1. The predicted octanol–water partition coefficient (Wildman–Crippen LogP) is 3.42. The summed E-state index contributed by atoms with van der Waals surface area (Å²) >= 11 is 3.12. The van der Waals surface area contributed by atoms with Gasteiger partial charge in [-0.25, -0.2) is 4.52 Å². The van der Waals surface area contributed by atoms with Crippen molar-refractivity contribution in [2.75, 3.05) is 6.54 Å². The normalized spacial score (nSPS) is 10.9. The van der Waals surface area contributed by atoms with Crippen LogP contribution in [-0.2, 0) is 11.2 Å². The van der Waals surface area contributed by atoms with Crippen molar-refractivity contribution in [2.24, 2.45) is 0 Å². The largest absolute Gasteiger partial charge is 0.426 e. The Labute approximate surface area is 168 Å². The van der Waals surface area contributed by atoms with E-state index in [2.05, 4.69) is 15.4 Å². The number of thiophene rings is 1. The molecule has 0 aliphatic rings. The molecule has 9 heteroatoms. The first-order chi connectivity index (χ1) is 13.6. The molecule has 0 saturated heterocycles. The van der Waals surface area contributed by atoms with Crippen molar-refractivity contribution in [1.29, 1.82) is 0 Å². The van der Waals surface area contributed by atoms with Gasteiger partial charge in [-0.05, 0) is 23.6 Å². The number of hydrogen-bond donors (Lipinski definition) is 1. The lowest BCUT2D eigenvalue weighted by Crippen LogP contribution is -2.26. The summed E-state index contributed by atoms with van der Waals surface area (Å²) in [4.78, 5) is 30.1. The maximum Gasteiger partial charge on any atom is 0.308 e. The van der Waals surface area contributed by atoms with E-state index in [1.165, 1.54) is 18.3 Å². The van der Waals surface area contributed by atoms with E-state index in [1.807, 2.05) is 27.4 Å². The SMILES string of the molecule is CC(=O)Oc1ccccc1C(=O)NCCc1csc2nc(-c3cccs3)nn12. The van der Waals surface area contributed by atoms with Crippen LogP contribution in [0.4, 0.5) is 0 Å². The monoisotopic (exact) mass is 412 g/mol. The highest BCUT2D eigenvalue weighted by Gasteiger charge is 2.15. The minimum Gasteiger partial charge on any atom is -0.426 e. The zero-order chi connectivity index (χ0) is 19.5. The molecule has 0 fully saturated rings. The predicted molar refractivity (Wildman–Crippen MR) is 108 cm³/mol. The fourth-order valence-electron chi connectivity index (χ4n) is 2.70. The van der Waals surface area contributed by atoms with Crippen molar-refractivity contribution in [3.63, 3.8) is 0 Å². The van der Waals surface area contributed by atoms with Gasteiger partial charge < -0.3 is 10.1 Å². The van der Waals surface area contributed by atoms with Crippen LogP contribution in [0.3, 0.4) is 0 Å². The second-order valence-corrected chi connectivity index (χ2v) is 7.71. The Balaban J connectivity index is 1.43. The molecular formula is C19H16N4O3S2. The number of esters is 1. The Morgan fingerprint density at radius 3 is 2.82 bits per heavy atom. The molecule has 4 rings (SSSR count). The summed E-state index contributed by atoms with van der Waals surface area (Å²) in [6.45, 7) is 1.73. The third-order valence-corrected chi connectivity index (χ3v) is 5.67. The highest BCUT2D eigenvalue weighted by molar-refractivity contribution is 7.15. The average Bonchev–Trinajstić information content (AvgIpc) is 3.39. The summed E-state index contributed by atoms with van der Waals surface area (Å²) in [6, 6.07) is 10.6. The molecule has 0 bridgehead atoms. The number of para-hydroxylation sites is 1. The molecule has 0 unspecified atom stereocenters. The Kier molecular flexibility index (Phi) is 5.18. The third-order valence-electron chi connectivity index (χ3n) is 3.94. The number of nitrogens with zero attached hydrogens (tertiary/aromatic N) is 3. The van der Waals surface area contributed by atoms with Gasteiger partial charge in [-0.2, -0.15) is 4.98 Å². The topological polar surface area (TPSA) is 85.6 Å². The molecule has 3 aromatic heterocycles. The molecule has 4 aromatic rings. The zero-order valence-electron chi connectivity index (χ0n) is 14.9. The van der Waals surface area contributed by atoms with Crippen molar-refractivity contribution >= 4 is 39.5 Å². The maximum atomic E-state index is 12.5. The van der Waals surface area contributed by atoms with Crippen molar-refractivity contribution < 1.29 is 14.3 Å². The number of rotatable bonds is 6. The van der Waals surface area contributed by atoms with Gasteiger partial charge in [0, 0.05) is 25.3 Å². The van der Waals surface area contributed by atoms with Crippen LogP contribution in [0.5, 0.6) is 5.75 Å².